The zero-order valence-corrected chi connectivity index (χ0v) is 11.5. The van der Waals surface area contributed by atoms with Gasteiger partial charge in [0.2, 0.25) is 0 Å². The van der Waals surface area contributed by atoms with Crippen LogP contribution in [-0.2, 0) is 13.0 Å². The largest absolute Gasteiger partial charge is 0.489 e. The first-order valence-electron chi connectivity index (χ1n) is 6.15. The molecule has 0 aliphatic rings. The lowest BCUT2D eigenvalue weighted by Crippen LogP contribution is -2.05. The van der Waals surface area contributed by atoms with Gasteiger partial charge in [-0.05, 0) is 54.4 Å². The Labute approximate surface area is 121 Å². The van der Waals surface area contributed by atoms with Crippen molar-refractivity contribution in [1.29, 1.82) is 0 Å². The molecule has 2 aromatic rings. The molecule has 2 rings (SSSR count). The Bertz CT molecular complexity index is 604. The second-order valence-corrected chi connectivity index (χ2v) is 4.76. The summed E-state index contributed by atoms with van der Waals surface area (Å²) in [6.07, 6.45) is 0.633. The van der Waals surface area contributed by atoms with Crippen molar-refractivity contribution in [2.75, 3.05) is 6.54 Å². The Morgan fingerprint density at radius 3 is 2.55 bits per heavy atom. The van der Waals surface area contributed by atoms with Crippen LogP contribution < -0.4 is 10.5 Å². The summed E-state index contributed by atoms with van der Waals surface area (Å²) < 4.78 is 31.5. The number of ether oxygens (including phenoxy) is 1. The predicted octanol–water partition coefficient (Wildman–Crippen LogP) is 3.70. The van der Waals surface area contributed by atoms with E-state index in [1.807, 2.05) is 0 Å². The van der Waals surface area contributed by atoms with Gasteiger partial charge >= 0.3 is 0 Å². The van der Waals surface area contributed by atoms with Crippen LogP contribution >= 0.6 is 11.6 Å². The Balaban J connectivity index is 2.11. The molecule has 0 saturated carbocycles. The molecular weight excluding hydrogens is 284 g/mol. The van der Waals surface area contributed by atoms with E-state index in [0.29, 0.717) is 29.3 Å². The lowest BCUT2D eigenvalue weighted by molar-refractivity contribution is 0.302. The first-order valence-corrected chi connectivity index (χ1v) is 6.53. The molecule has 2 N–H and O–H groups in total. The van der Waals surface area contributed by atoms with E-state index in [9.17, 15) is 8.78 Å². The average Bonchev–Trinajstić information content (AvgIpc) is 2.42. The number of halogens is 3. The van der Waals surface area contributed by atoms with Crippen molar-refractivity contribution >= 4 is 11.6 Å². The van der Waals surface area contributed by atoms with Crippen molar-refractivity contribution in [2.24, 2.45) is 5.73 Å². The highest BCUT2D eigenvalue weighted by Crippen LogP contribution is 2.24. The van der Waals surface area contributed by atoms with Crippen molar-refractivity contribution < 1.29 is 13.5 Å². The Kier molecular flexibility index (Phi) is 4.93. The number of nitrogens with two attached hydrogens (primary N) is 1. The first-order chi connectivity index (χ1) is 9.60. The van der Waals surface area contributed by atoms with Crippen LogP contribution in [0, 0.1) is 11.6 Å². The van der Waals surface area contributed by atoms with E-state index in [1.54, 1.807) is 18.2 Å². The maximum atomic E-state index is 13.1. The molecule has 0 heterocycles. The molecular formula is C15H14ClF2NO. The molecule has 0 spiro atoms. The van der Waals surface area contributed by atoms with Gasteiger partial charge in [0.15, 0.2) is 11.6 Å². The molecule has 0 aromatic heterocycles. The molecule has 106 valence electrons. The zero-order chi connectivity index (χ0) is 14.5. The molecule has 2 aromatic carbocycles. The lowest BCUT2D eigenvalue weighted by Gasteiger charge is -2.11. The number of hydrogen-bond donors (Lipinski definition) is 1. The van der Waals surface area contributed by atoms with E-state index >= 15 is 0 Å². The summed E-state index contributed by atoms with van der Waals surface area (Å²) in [6.45, 7) is 0.623. The number of hydrogen-bond acceptors (Lipinski definition) is 2. The van der Waals surface area contributed by atoms with Crippen molar-refractivity contribution in [3.05, 3.63) is 64.2 Å². The lowest BCUT2D eigenvalue weighted by atomic mass is 10.1. The monoisotopic (exact) mass is 297 g/mol. The minimum atomic E-state index is -0.885. The van der Waals surface area contributed by atoms with Crippen molar-refractivity contribution in [3.8, 4) is 5.75 Å². The van der Waals surface area contributed by atoms with Gasteiger partial charge in [-0.25, -0.2) is 8.78 Å². The molecule has 5 heteroatoms. The topological polar surface area (TPSA) is 35.2 Å². The summed E-state index contributed by atoms with van der Waals surface area (Å²) in [4.78, 5) is 0. The second-order valence-electron chi connectivity index (χ2n) is 4.33. The fourth-order valence-electron chi connectivity index (χ4n) is 1.83. The van der Waals surface area contributed by atoms with Crippen LogP contribution in [0.25, 0.3) is 0 Å². The zero-order valence-electron chi connectivity index (χ0n) is 10.7. The van der Waals surface area contributed by atoms with Gasteiger partial charge in [0.05, 0.1) is 0 Å². The summed E-state index contributed by atoms with van der Waals surface area (Å²) in [5.74, 6) is -1.11. The minimum Gasteiger partial charge on any atom is -0.489 e. The molecule has 0 aliphatic heterocycles. The van der Waals surface area contributed by atoms with Gasteiger partial charge in [-0.1, -0.05) is 17.7 Å². The van der Waals surface area contributed by atoms with Gasteiger partial charge in [0, 0.05) is 5.02 Å². The van der Waals surface area contributed by atoms with Crippen molar-refractivity contribution in [3.63, 3.8) is 0 Å². The maximum absolute atomic E-state index is 13.1. The number of benzene rings is 2. The van der Waals surface area contributed by atoms with Crippen LogP contribution in [0.4, 0.5) is 8.78 Å². The maximum Gasteiger partial charge on any atom is 0.159 e. The van der Waals surface area contributed by atoms with Crippen LogP contribution in [0.1, 0.15) is 11.1 Å². The highest BCUT2D eigenvalue weighted by atomic mass is 35.5. The smallest absolute Gasteiger partial charge is 0.159 e. The Morgan fingerprint density at radius 2 is 1.85 bits per heavy atom. The fourth-order valence-corrected chi connectivity index (χ4v) is 2.02. The molecule has 0 fully saturated rings. The van der Waals surface area contributed by atoms with E-state index in [2.05, 4.69) is 0 Å². The third-order valence-electron chi connectivity index (χ3n) is 2.81. The van der Waals surface area contributed by atoms with Crippen LogP contribution in [0.15, 0.2) is 36.4 Å². The first kappa shape index (κ1) is 14.8. The molecule has 0 atom stereocenters. The Morgan fingerprint density at radius 1 is 1.05 bits per heavy atom. The van der Waals surface area contributed by atoms with Gasteiger partial charge in [-0.3, -0.25) is 0 Å². The van der Waals surface area contributed by atoms with Crippen molar-refractivity contribution in [1.82, 2.24) is 0 Å². The SMILES string of the molecule is NCCc1cc(Cl)ccc1OCc1ccc(F)c(F)c1. The summed E-state index contributed by atoms with van der Waals surface area (Å²) in [5.41, 5.74) is 6.98. The van der Waals surface area contributed by atoms with Crippen LogP contribution in [0.2, 0.25) is 5.02 Å². The molecule has 20 heavy (non-hydrogen) atoms. The summed E-state index contributed by atoms with van der Waals surface area (Å²) in [6, 6.07) is 8.92. The van der Waals surface area contributed by atoms with Gasteiger partial charge in [0.1, 0.15) is 12.4 Å². The second kappa shape index (κ2) is 6.68. The quantitative estimate of drug-likeness (QED) is 0.913. The summed E-state index contributed by atoms with van der Waals surface area (Å²) >= 11 is 5.92. The van der Waals surface area contributed by atoms with Crippen LogP contribution in [-0.4, -0.2) is 6.54 Å². The highest BCUT2D eigenvalue weighted by molar-refractivity contribution is 6.30. The van der Waals surface area contributed by atoms with E-state index in [1.165, 1.54) is 6.07 Å². The third-order valence-corrected chi connectivity index (χ3v) is 3.05. The number of rotatable bonds is 5. The molecule has 0 unspecified atom stereocenters. The molecule has 0 bridgehead atoms. The molecule has 0 amide bonds. The normalized spacial score (nSPS) is 10.6. The summed E-state index contributed by atoms with van der Waals surface area (Å²) in [5, 5.41) is 0.605. The van der Waals surface area contributed by atoms with Gasteiger partial charge in [-0.15, -0.1) is 0 Å². The third kappa shape index (κ3) is 3.68. The summed E-state index contributed by atoms with van der Waals surface area (Å²) in [7, 11) is 0. The fraction of sp³-hybridized carbons (Fsp3) is 0.200. The predicted molar refractivity (Wildman–Crippen MR) is 74.9 cm³/mol. The van der Waals surface area contributed by atoms with Crippen molar-refractivity contribution in [2.45, 2.75) is 13.0 Å². The van der Waals surface area contributed by atoms with E-state index in [0.717, 1.165) is 17.7 Å². The standard InChI is InChI=1S/C15H14ClF2NO/c16-12-2-4-15(11(8-12)5-6-19)20-9-10-1-3-13(17)14(18)7-10/h1-4,7-8H,5-6,9,19H2. The minimum absolute atomic E-state index is 0.149. The van der Waals surface area contributed by atoms with E-state index in [4.69, 9.17) is 22.1 Å². The highest BCUT2D eigenvalue weighted by Gasteiger charge is 2.07. The van der Waals surface area contributed by atoms with E-state index < -0.39 is 11.6 Å². The van der Waals surface area contributed by atoms with Gasteiger partial charge < -0.3 is 10.5 Å². The van der Waals surface area contributed by atoms with Gasteiger partial charge in [0.25, 0.3) is 0 Å². The van der Waals surface area contributed by atoms with Crippen LogP contribution in [0.5, 0.6) is 5.75 Å². The van der Waals surface area contributed by atoms with Crippen LogP contribution in [0.3, 0.4) is 0 Å². The van der Waals surface area contributed by atoms with E-state index in [-0.39, 0.29) is 6.61 Å². The molecule has 0 radical (unpaired) electrons. The molecule has 0 aliphatic carbocycles. The molecule has 0 saturated heterocycles. The van der Waals surface area contributed by atoms with Gasteiger partial charge in [-0.2, -0.15) is 0 Å². The average molecular weight is 298 g/mol. The Hall–Kier alpha value is -1.65. The molecule has 2 nitrogen and oxygen atoms in total.